The molecule has 1 aliphatic rings. The smallest absolute Gasteiger partial charge is 0.319 e. The number of urea groups is 2. The summed E-state index contributed by atoms with van der Waals surface area (Å²) in [5.74, 6) is 1.39. The van der Waals surface area contributed by atoms with Crippen molar-refractivity contribution in [2.45, 2.75) is 39.2 Å². The van der Waals surface area contributed by atoms with E-state index in [1.54, 1.807) is 25.3 Å². The number of anilines is 1. The molecule has 8 heteroatoms. The molecule has 1 fully saturated rings. The van der Waals surface area contributed by atoms with Crippen molar-refractivity contribution in [1.29, 1.82) is 0 Å². The van der Waals surface area contributed by atoms with E-state index in [0.29, 0.717) is 42.7 Å². The fraction of sp³-hybridized carbons (Fsp3) is 0.600. The maximum absolute atomic E-state index is 12.3. The predicted molar refractivity (Wildman–Crippen MR) is 109 cm³/mol. The average Bonchev–Trinajstić information content (AvgIpc) is 2.65. The molecule has 0 atom stereocenters. The number of likely N-dealkylation sites (tertiary alicyclic amines) is 1. The molecule has 4 amide bonds. The number of carbonyl (C=O) groups excluding carboxylic acids is 2. The van der Waals surface area contributed by atoms with Crippen LogP contribution in [-0.4, -0.2) is 56.4 Å². The number of ether oxygens (including phenoxy) is 2. The molecule has 0 bridgehead atoms. The van der Waals surface area contributed by atoms with Gasteiger partial charge in [-0.05, 0) is 51.7 Å². The van der Waals surface area contributed by atoms with Gasteiger partial charge in [0.2, 0.25) is 0 Å². The van der Waals surface area contributed by atoms with Crippen LogP contribution in [0, 0.1) is 5.92 Å². The van der Waals surface area contributed by atoms with Crippen LogP contribution in [-0.2, 0) is 0 Å². The van der Waals surface area contributed by atoms with E-state index in [0.717, 1.165) is 12.8 Å². The van der Waals surface area contributed by atoms with Crippen LogP contribution in [0.1, 0.15) is 33.6 Å². The Kier molecular flexibility index (Phi) is 7.37. The number of nitrogens with one attached hydrogen (secondary N) is 3. The Labute approximate surface area is 166 Å². The number of nitrogens with zero attached hydrogens (tertiary/aromatic N) is 1. The lowest BCUT2D eigenvalue weighted by molar-refractivity contribution is 0.162. The summed E-state index contributed by atoms with van der Waals surface area (Å²) in [5.41, 5.74) is 0.308. The molecule has 0 spiro atoms. The normalized spacial score (nSPS) is 15.0. The van der Waals surface area contributed by atoms with Crippen molar-refractivity contribution in [3.63, 3.8) is 0 Å². The number of benzene rings is 1. The van der Waals surface area contributed by atoms with Crippen LogP contribution in [0.15, 0.2) is 18.2 Å². The summed E-state index contributed by atoms with van der Waals surface area (Å²) >= 11 is 0. The van der Waals surface area contributed by atoms with Crippen LogP contribution >= 0.6 is 0 Å². The molecule has 3 N–H and O–H groups in total. The summed E-state index contributed by atoms with van der Waals surface area (Å²) in [5, 5.41) is 8.69. The molecule has 0 radical (unpaired) electrons. The summed E-state index contributed by atoms with van der Waals surface area (Å²) in [4.78, 5) is 26.3. The Balaban J connectivity index is 1.78. The van der Waals surface area contributed by atoms with Crippen molar-refractivity contribution in [3.8, 4) is 11.5 Å². The van der Waals surface area contributed by atoms with Crippen LogP contribution in [0.4, 0.5) is 15.3 Å². The molecular weight excluding hydrogens is 360 g/mol. The first kappa shape index (κ1) is 21.7. The second-order valence-corrected chi connectivity index (χ2v) is 7.99. The SMILES string of the molecule is COc1cccc(NC(=O)NCC2CCN(C(=O)NC(C)(C)C)CC2)c1OC. The van der Waals surface area contributed by atoms with E-state index >= 15 is 0 Å². The number of para-hydroxylation sites is 1. The van der Waals surface area contributed by atoms with E-state index in [4.69, 9.17) is 9.47 Å². The zero-order valence-electron chi connectivity index (χ0n) is 17.4. The van der Waals surface area contributed by atoms with Crippen LogP contribution in [0.3, 0.4) is 0 Å². The van der Waals surface area contributed by atoms with E-state index < -0.39 is 0 Å². The highest BCUT2D eigenvalue weighted by molar-refractivity contribution is 5.91. The molecule has 0 aliphatic carbocycles. The van der Waals surface area contributed by atoms with Gasteiger partial charge in [0, 0.05) is 25.2 Å². The van der Waals surface area contributed by atoms with Crippen LogP contribution < -0.4 is 25.4 Å². The minimum absolute atomic E-state index is 0.0261. The van der Waals surface area contributed by atoms with Crippen LogP contribution in [0.5, 0.6) is 11.5 Å². The highest BCUT2D eigenvalue weighted by Gasteiger charge is 2.25. The predicted octanol–water partition coefficient (Wildman–Crippen LogP) is 3.05. The fourth-order valence-electron chi connectivity index (χ4n) is 3.13. The van der Waals surface area contributed by atoms with Crippen molar-refractivity contribution >= 4 is 17.7 Å². The largest absolute Gasteiger partial charge is 0.493 e. The van der Waals surface area contributed by atoms with Crippen molar-refractivity contribution in [1.82, 2.24) is 15.5 Å². The van der Waals surface area contributed by atoms with E-state index in [1.165, 1.54) is 7.11 Å². The zero-order valence-corrected chi connectivity index (χ0v) is 17.4. The van der Waals surface area contributed by atoms with Gasteiger partial charge in [-0.3, -0.25) is 0 Å². The van der Waals surface area contributed by atoms with Gasteiger partial charge in [-0.25, -0.2) is 9.59 Å². The molecule has 156 valence electrons. The van der Waals surface area contributed by atoms with Gasteiger partial charge in [-0.1, -0.05) is 6.07 Å². The van der Waals surface area contributed by atoms with Gasteiger partial charge in [0.25, 0.3) is 0 Å². The molecule has 8 nitrogen and oxygen atoms in total. The highest BCUT2D eigenvalue weighted by Crippen LogP contribution is 2.34. The third kappa shape index (κ3) is 6.21. The maximum Gasteiger partial charge on any atom is 0.319 e. The fourth-order valence-corrected chi connectivity index (χ4v) is 3.13. The maximum atomic E-state index is 12.3. The molecule has 28 heavy (non-hydrogen) atoms. The summed E-state index contributed by atoms with van der Waals surface area (Å²) in [6, 6.07) is 5.00. The summed E-state index contributed by atoms with van der Waals surface area (Å²) in [6.45, 7) is 7.86. The monoisotopic (exact) mass is 392 g/mol. The molecule has 1 saturated heterocycles. The van der Waals surface area contributed by atoms with Gasteiger partial charge in [-0.15, -0.1) is 0 Å². The minimum atomic E-state index is -0.292. The molecular formula is C20H32N4O4. The second kappa shape index (κ2) is 9.52. The zero-order chi connectivity index (χ0) is 20.7. The van der Waals surface area contributed by atoms with E-state index in [9.17, 15) is 9.59 Å². The van der Waals surface area contributed by atoms with E-state index in [-0.39, 0.29) is 17.6 Å². The van der Waals surface area contributed by atoms with E-state index in [2.05, 4.69) is 16.0 Å². The summed E-state index contributed by atoms with van der Waals surface area (Å²) in [6.07, 6.45) is 1.72. The van der Waals surface area contributed by atoms with Gasteiger partial charge in [0.1, 0.15) is 0 Å². The number of rotatable bonds is 5. The first-order chi connectivity index (χ1) is 13.2. The van der Waals surface area contributed by atoms with Crippen molar-refractivity contribution in [3.05, 3.63) is 18.2 Å². The average molecular weight is 393 g/mol. The van der Waals surface area contributed by atoms with Gasteiger partial charge in [0.05, 0.1) is 19.9 Å². The Morgan fingerprint density at radius 2 is 1.82 bits per heavy atom. The quantitative estimate of drug-likeness (QED) is 0.718. The molecule has 1 aliphatic heterocycles. The Morgan fingerprint density at radius 3 is 2.39 bits per heavy atom. The third-order valence-corrected chi connectivity index (χ3v) is 4.59. The van der Waals surface area contributed by atoms with Crippen molar-refractivity contribution in [2.75, 3.05) is 39.2 Å². The Bertz CT molecular complexity index is 679. The molecule has 0 aromatic heterocycles. The Morgan fingerprint density at radius 1 is 1.14 bits per heavy atom. The molecule has 1 aromatic carbocycles. The lowest BCUT2D eigenvalue weighted by Crippen LogP contribution is -2.51. The number of piperidine rings is 1. The molecule has 1 heterocycles. The highest BCUT2D eigenvalue weighted by atomic mass is 16.5. The van der Waals surface area contributed by atoms with E-state index in [1.807, 2.05) is 25.7 Å². The van der Waals surface area contributed by atoms with Gasteiger partial charge < -0.3 is 30.3 Å². The topological polar surface area (TPSA) is 91.9 Å². The van der Waals surface area contributed by atoms with Crippen molar-refractivity contribution < 1.29 is 19.1 Å². The van der Waals surface area contributed by atoms with Gasteiger partial charge >= 0.3 is 12.1 Å². The summed E-state index contributed by atoms with van der Waals surface area (Å²) in [7, 11) is 3.08. The minimum Gasteiger partial charge on any atom is -0.493 e. The standard InChI is InChI=1S/C20H32N4O4/c1-20(2,3)23-19(26)24-11-9-14(10-12-24)13-21-18(25)22-15-7-6-8-16(27-4)17(15)28-5/h6-8,14H,9-13H2,1-5H3,(H,23,26)(H2,21,22,25). The Hall–Kier alpha value is -2.64. The number of amides is 4. The van der Waals surface area contributed by atoms with Crippen LogP contribution in [0.25, 0.3) is 0 Å². The molecule has 1 aromatic rings. The van der Waals surface area contributed by atoms with Gasteiger partial charge in [-0.2, -0.15) is 0 Å². The third-order valence-electron chi connectivity index (χ3n) is 4.59. The second-order valence-electron chi connectivity index (χ2n) is 7.99. The molecule has 2 rings (SSSR count). The summed E-state index contributed by atoms with van der Waals surface area (Å²) < 4.78 is 10.6. The number of hydrogen-bond donors (Lipinski definition) is 3. The lowest BCUT2D eigenvalue weighted by Gasteiger charge is -2.34. The molecule has 0 saturated carbocycles. The van der Waals surface area contributed by atoms with Gasteiger partial charge in [0.15, 0.2) is 11.5 Å². The van der Waals surface area contributed by atoms with Crippen LogP contribution in [0.2, 0.25) is 0 Å². The van der Waals surface area contributed by atoms with Crippen molar-refractivity contribution in [2.24, 2.45) is 5.92 Å². The first-order valence-corrected chi connectivity index (χ1v) is 9.56. The lowest BCUT2D eigenvalue weighted by atomic mass is 9.97. The number of methoxy groups -OCH3 is 2. The number of hydrogen-bond acceptors (Lipinski definition) is 4. The first-order valence-electron chi connectivity index (χ1n) is 9.56. The number of carbonyl (C=O) groups is 2. The molecule has 0 unspecified atom stereocenters.